The van der Waals surface area contributed by atoms with Gasteiger partial charge < -0.3 is 0 Å². The summed E-state index contributed by atoms with van der Waals surface area (Å²) in [5.74, 6) is 0. The van der Waals surface area contributed by atoms with Crippen LogP contribution in [0.15, 0.2) is 0 Å². The molecule has 50 valence electrons. The summed E-state index contributed by atoms with van der Waals surface area (Å²) in [6, 6.07) is 0. The number of hydrogen-bond acceptors (Lipinski definition) is 1. The van der Waals surface area contributed by atoms with Gasteiger partial charge in [0.25, 0.3) is 0 Å². The van der Waals surface area contributed by atoms with Gasteiger partial charge in [0.15, 0.2) is 0 Å². The van der Waals surface area contributed by atoms with Crippen LogP contribution in [0.5, 0.6) is 0 Å². The van der Waals surface area contributed by atoms with E-state index in [1.807, 2.05) is 0 Å². The van der Waals surface area contributed by atoms with Gasteiger partial charge in [-0.25, -0.2) is 0 Å². The van der Waals surface area contributed by atoms with Gasteiger partial charge in [0.1, 0.15) is 0 Å². The van der Waals surface area contributed by atoms with Gasteiger partial charge in [0, 0.05) is 0 Å². The Morgan fingerprint density at radius 3 is 2.75 bits per heavy atom. The van der Waals surface area contributed by atoms with E-state index in [1.165, 1.54) is 15.4 Å². The second-order valence-corrected chi connectivity index (χ2v) is 17.4. The molecule has 0 aromatic carbocycles. The van der Waals surface area contributed by atoms with Crippen LogP contribution in [0.2, 0.25) is 8.94 Å². The van der Waals surface area contributed by atoms with Crippen LogP contribution in [0.1, 0.15) is 13.3 Å². The van der Waals surface area contributed by atoms with E-state index in [0.29, 0.717) is 0 Å². The van der Waals surface area contributed by atoms with Gasteiger partial charge in [0.05, 0.1) is 0 Å². The minimum atomic E-state index is -1.72. The van der Waals surface area contributed by atoms with Gasteiger partial charge >= 0.3 is 61.1 Å². The van der Waals surface area contributed by atoms with Crippen molar-refractivity contribution in [1.29, 1.82) is 0 Å². The molecule has 0 aromatic rings. The van der Waals surface area contributed by atoms with E-state index in [2.05, 4.69) is 19.7 Å². The Bertz CT molecular complexity index is 80.5. The van der Waals surface area contributed by atoms with Crippen molar-refractivity contribution in [2.24, 2.45) is 0 Å². The summed E-state index contributed by atoms with van der Waals surface area (Å²) < 4.78 is 8.22. The van der Waals surface area contributed by atoms with Crippen LogP contribution in [-0.4, -0.2) is 23.0 Å². The molecular weight excluding hydrogens is 284 g/mol. The van der Waals surface area contributed by atoms with Crippen molar-refractivity contribution in [3.8, 4) is 0 Å². The maximum absolute atomic E-state index is 5.60. The van der Waals surface area contributed by atoms with Crippen LogP contribution in [0, 0.1) is 0 Å². The molecule has 0 N–H and O–H groups in total. The van der Waals surface area contributed by atoms with E-state index in [9.17, 15) is 0 Å². The van der Waals surface area contributed by atoms with Crippen molar-refractivity contribution < 1.29 is 3.10 Å². The first-order valence-electron chi connectivity index (χ1n) is 2.89. The number of halogens is 1. The van der Waals surface area contributed by atoms with Crippen LogP contribution in [0.4, 0.5) is 0 Å². The molecule has 0 amide bonds. The third-order valence-electron chi connectivity index (χ3n) is 1.32. The Balaban J connectivity index is 2.40. The first-order valence-corrected chi connectivity index (χ1v) is 12.4. The van der Waals surface area contributed by atoms with Crippen molar-refractivity contribution in [1.82, 2.24) is 0 Å². The van der Waals surface area contributed by atoms with Gasteiger partial charge in [-0.1, -0.05) is 0 Å². The maximum atomic E-state index is 5.60. The van der Waals surface area contributed by atoms with Gasteiger partial charge in [0.2, 0.25) is 0 Å². The standard InChI is InChI=1S/C5H11BrOTe/c1-2-8(6)5-3-4-7-8/h2-5H2,1H3. The van der Waals surface area contributed by atoms with Gasteiger partial charge in [-0.05, 0) is 0 Å². The van der Waals surface area contributed by atoms with Crippen LogP contribution < -0.4 is 0 Å². The summed E-state index contributed by atoms with van der Waals surface area (Å²) >= 11 is 1.99. The summed E-state index contributed by atoms with van der Waals surface area (Å²) in [7, 11) is 0. The topological polar surface area (TPSA) is 9.23 Å². The zero-order valence-corrected chi connectivity index (χ0v) is 8.94. The molecule has 1 nitrogen and oxygen atoms in total. The molecular formula is C5H11BrOTe. The van der Waals surface area contributed by atoms with Gasteiger partial charge in [-0.15, -0.1) is 0 Å². The molecule has 3 heteroatoms. The molecule has 0 aliphatic carbocycles. The van der Waals surface area contributed by atoms with Gasteiger partial charge in [-0.3, -0.25) is 0 Å². The molecule has 1 atom stereocenters. The molecule has 0 radical (unpaired) electrons. The Labute approximate surface area is 60.9 Å². The third-order valence-corrected chi connectivity index (χ3v) is 14.5. The SMILES string of the molecule is CC[Te]1(Br)CCCO1. The van der Waals surface area contributed by atoms with E-state index < -0.39 is 16.4 Å². The predicted octanol–water partition coefficient (Wildman–Crippen LogP) is 2.26. The van der Waals surface area contributed by atoms with Crippen molar-refractivity contribution in [2.75, 3.05) is 6.61 Å². The summed E-state index contributed by atoms with van der Waals surface area (Å²) in [5.41, 5.74) is 0. The Morgan fingerprint density at radius 2 is 2.50 bits per heavy atom. The zero-order valence-electron chi connectivity index (χ0n) is 5.02. The van der Waals surface area contributed by atoms with E-state index in [0.717, 1.165) is 6.61 Å². The van der Waals surface area contributed by atoms with E-state index in [4.69, 9.17) is 3.10 Å². The van der Waals surface area contributed by atoms with E-state index in [1.54, 1.807) is 0 Å². The number of hydrogen-bond donors (Lipinski definition) is 0. The minimum absolute atomic E-state index is 1.01. The molecule has 0 aromatic heterocycles. The second kappa shape index (κ2) is 2.88. The third kappa shape index (κ3) is 1.60. The summed E-state index contributed by atoms with van der Waals surface area (Å²) in [5, 5.41) is 0. The van der Waals surface area contributed by atoms with Crippen molar-refractivity contribution >= 4 is 29.1 Å². The average Bonchev–Trinajstić information content (AvgIpc) is 2.17. The fraction of sp³-hybridized carbons (Fsp3) is 1.00. The Morgan fingerprint density at radius 1 is 1.75 bits per heavy atom. The fourth-order valence-corrected chi connectivity index (χ4v) is 7.58. The molecule has 0 bridgehead atoms. The van der Waals surface area contributed by atoms with Crippen LogP contribution >= 0.6 is 12.8 Å². The molecule has 1 heterocycles. The monoisotopic (exact) mass is 296 g/mol. The van der Waals surface area contributed by atoms with Crippen molar-refractivity contribution in [3.63, 3.8) is 0 Å². The molecule has 1 aliphatic rings. The summed E-state index contributed by atoms with van der Waals surface area (Å²) in [4.78, 5) is 0. The fourth-order valence-electron chi connectivity index (χ4n) is 0.769. The van der Waals surface area contributed by atoms with E-state index >= 15 is 0 Å². The summed E-state index contributed by atoms with van der Waals surface area (Å²) in [6.45, 7) is 3.24. The molecule has 8 heavy (non-hydrogen) atoms. The Hall–Kier alpha value is 1.23. The first-order chi connectivity index (χ1) is 3.77. The molecule has 0 spiro atoms. The average molecular weight is 295 g/mol. The zero-order chi connectivity index (χ0) is 6.04. The molecule has 0 saturated carbocycles. The van der Waals surface area contributed by atoms with Crippen molar-refractivity contribution in [2.45, 2.75) is 22.3 Å². The van der Waals surface area contributed by atoms with E-state index in [-0.39, 0.29) is 0 Å². The molecule has 1 rings (SSSR count). The van der Waals surface area contributed by atoms with Gasteiger partial charge in [-0.2, -0.15) is 0 Å². The normalized spacial score (nSPS) is 46.2. The van der Waals surface area contributed by atoms with Crippen LogP contribution in [0.25, 0.3) is 0 Å². The van der Waals surface area contributed by atoms with Crippen LogP contribution in [0.3, 0.4) is 0 Å². The van der Waals surface area contributed by atoms with Crippen molar-refractivity contribution in [3.05, 3.63) is 0 Å². The summed E-state index contributed by atoms with van der Waals surface area (Å²) in [6.07, 6.45) is 1.29. The van der Waals surface area contributed by atoms with Crippen LogP contribution in [-0.2, 0) is 3.10 Å². The molecule has 1 unspecified atom stereocenters. The molecule has 1 saturated heterocycles. The molecule has 1 fully saturated rings. The quantitative estimate of drug-likeness (QED) is 0.674. The first kappa shape index (κ1) is 7.34. The number of rotatable bonds is 1. The molecule has 1 aliphatic heterocycles. The Kier molecular flexibility index (Phi) is 2.64. The predicted molar refractivity (Wildman–Crippen MR) is 40.5 cm³/mol. The second-order valence-electron chi connectivity index (χ2n) is 1.89.